The van der Waals surface area contributed by atoms with Crippen LogP contribution in [0.1, 0.15) is 34.1 Å². The van der Waals surface area contributed by atoms with Gasteiger partial charge in [-0.15, -0.1) is 6.58 Å². The van der Waals surface area contributed by atoms with Gasteiger partial charge in [0.15, 0.2) is 9.84 Å². The number of rotatable bonds is 5. The van der Waals surface area contributed by atoms with Crippen molar-refractivity contribution in [3.8, 4) is 0 Å². The summed E-state index contributed by atoms with van der Waals surface area (Å²) in [7, 11) is -3.00. The Hall–Kier alpha value is -1.10. The third-order valence-corrected chi connectivity index (χ3v) is 6.70. The van der Waals surface area contributed by atoms with Crippen LogP contribution in [0.4, 0.5) is 0 Å². The summed E-state index contributed by atoms with van der Waals surface area (Å²) in [6.07, 6.45) is 4.40. The van der Waals surface area contributed by atoms with Crippen LogP contribution in [0.2, 0.25) is 0 Å². The Balaban J connectivity index is 2.18. The predicted molar refractivity (Wildman–Crippen MR) is 89.2 cm³/mol. The van der Waals surface area contributed by atoms with Gasteiger partial charge in [-0.25, -0.2) is 8.42 Å². The van der Waals surface area contributed by atoms with Crippen LogP contribution in [-0.4, -0.2) is 43.3 Å². The van der Waals surface area contributed by atoms with E-state index in [0.29, 0.717) is 13.0 Å². The highest BCUT2D eigenvalue weighted by Crippen LogP contribution is 2.60. The molecule has 1 saturated carbocycles. The zero-order valence-corrected chi connectivity index (χ0v) is 14.8. The number of allylic oxidation sites excluding steroid dienone is 2. The van der Waals surface area contributed by atoms with Crippen molar-refractivity contribution in [3.63, 3.8) is 0 Å². The van der Waals surface area contributed by atoms with Crippen molar-refractivity contribution < 1.29 is 13.2 Å². The van der Waals surface area contributed by atoms with Gasteiger partial charge in [-0.05, 0) is 31.6 Å². The molecule has 1 heterocycles. The Morgan fingerprint density at radius 1 is 1.36 bits per heavy atom. The van der Waals surface area contributed by atoms with Crippen LogP contribution in [0.25, 0.3) is 0 Å². The molecule has 1 amide bonds. The molecule has 0 aromatic heterocycles. The first-order valence-corrected chi connectivity index (χ1v) is 9.69. The molecule has 0 spiro atoms. The first-order valence-electron chi connectivity index (χ1n) is 7.87. The molecule has 0 radical (unpaired) electrons. The number of hydrogen-bond donors (Lipinski definition) is 0. The lowest BCUT2D eigenvalue weighted by atomic mass is 10.1. The molecule has 124 valence electrons. The van der Waals surface area contributed by atoms with Gasteiger partial charge in [-0.1, -0.05) is 31.6 Å². The fourth-order valence-electron chi connectivity index (χ4n) is 3.58. The van der Waals surface area contributed by atoms with Crippen LogP contribution in [0.5, 0.6) is 0 Å². The smallest absolute Gasteiger partial charge is 0.227 e. The normalized spacial score (nSPS) is 31.4. The Morgan fingerprint density at radius 3 is 2.45 bits per heavy atom. The number of carbonyl (C=O) groups is 1. The summed E-state index contributed by atoms with van der Waals surface area (Å²) >= 11 is 0. The first-order chi connectivity index (χ1) is 10.1. The van der Waals surface area contributed by atoms with Gasteiger partial charge in [0, 0.05) is 12.6 Å². The van der Waals surface area contributed by atoms with Crippen LogP contribution in [0, 0.1) is 17.3 Å². The van der Waals surface area contributed by atoms with Crippen molar-refractivity contribution in [2.75, 3.05) is 18.1 Å². The molecule has 2 rings (SSSR count). The quantitative estimate of drug-likeness (QED) is 0.730. The van der Waals surface area contributed by atoms with Gasteiger partial charge in [-0.3, -0.25) is 4.79 Å². The van der Waals surface area contributed by atoms with E-state index in [4.69, 9.17) is 0 Å². The first kappa shape index (κ1) is 17.3. The van der Waals surface area contributed by atoms with Crippen LogP contribution in [0.3, 0.4) is 0 Å². The van der Waals surface area contributed by atoms with Crippen LogP contribution in [-0.2, 0) is 14.6 Å². The van der Waals surface area contributed by atoms with Gasteiger partial charge < -0.3 is 4.90 Å². The number of carbonyl (C=O) groups excluding carboxylic acids is 1. The minimum Gasteiger partial charge on any atom is -0.335 e. The van der Waals surface area contributed by atoms with E-state index < -0.39 is 9.84 Å². The van der Waals surface area contributed by atoms with E-state index in [9.17, 15) is 13.2 Å². The van der Waals surface area contributed by atoms with E-state index in [1.807, 2.05) is 13.8 Å². The molecule has 1 saturated heterocycles. The number of nitrogens with zero attached hydrogens (tertiary/aromatic N) is 1. The number of amides is 1. The number of sulfone groups is 1. The van der Waals surface area contributed by atoms with E-state index in [2.05, 4.69) is 26.5 Å². The fourth-order valence-corrected chi connectivity index (χ4v) is 5.31. The molecular formula is C17H27NO3S. The molecule has 22 heavy (non-hydrogen) atoms. The second kappa shape index (κ2) is 5.84. The summed E-state index contributed by atoms with van der Waals surface area (Å²) in [5.41, 5.74) is 1.16. The lowest BCUT2D eigenvalue weighted by Crippen LogP contribution is -2.42. The molecule has 4 nitrogen and oxygen atoms in total. The van der Waals surface area contributed by atoms with Gasteiger partial charge in [0.1, 0.15) is 0 Å². The largest absolute Gasteiger partial charge is 0.335 e. The third kappa shape index (κ3) is 3.29. The second-order valence-electron chi connectivity index (χ2n) is 7.40. The summed E-state index contributed by atoms with van der Waals surface area (Å²) in [5.74, 6) is 0.548. The molecule has 1 aliphatic heterocycles. The van der Waals surface area contributed by atoms with Crippen LogP contribution in [0.15, 0.2) is 24.3 Å². The summed E-state index contributed by atoms with van der Waals surface area (Å²) < 4.78 is 23.4. The summed E-state index contributed by atoms with van der Waals surface area (Å²) in [5, 5.41) is 0. The van der Waals surface area contributed by atoms with Gasteiger partial charge in [0.2, 0.25) is 5.91 Å². The predicted octanol–water partition coefficient (Wildman–Crippen LogP) is 2.43. The van der Waals surface area contributed by atoms with Crippen molar-refractivity contribution in [2.24, 2.45) is 17.3 Å². The molecular weight excluding hydrogens is 298 g/mol. The molecule has 0 unspecified atom stereocenters. The second-order valence-corrected chi connectivity index (χ2v) is 9.63. The van der Waals surface area contributed by atoms with Crippen molar-refractivity contribution in [1.29, 1.82) is 0 Å². The van der Waals surface area contributed by atoms with Gasteiger partial charge in [-0.2, -0.15) is 0 Å². The zero-order valence-electron chi connectivity index (χ0n) is 14.0. The Morgan fingerprint density at radius 2 is 2.00 bits per heavy atom. The van der Waals surface area contributed by atoms with Gasteiger partial charge >= 0.3 is 0 Å². The average molecular weight is 325 g/mol. The topological polar surface area (TPSA) is 54.5 Å². The Bertz CT molecular complexity index is 599. The van der Waals surface area contributed by atoms with Crippen molar-refractivity contribution in [1.82, 2.24) is 4.90 Å². The van der Waals surface area contributed by atoms with E-state index >= 15 is 0 Å². The standard InChI is InChI=1S/C17H27NO3S/c1-6-8-18(13-7-9-22(20,21)11-13)16(19)15-14(10-12(2)3)17(15,4)5/h6,10,13-15H,1,7-9,11H2,2-5H3/t13-,14+,15+/m1/s1. The highest BCUT2D eigenvalue weighted by atomic mass is 32.2. The summed E-state index contributed by atoms with van der Waals surface area (Å²) in [6.45, 7) is 12.4. The van der Waals surface area contributed by atoms with Crippen LogP contribution < -0.4 is 0 Å². The van der Waals surface area contributed by atoms with E-state index in [-0.39, 0.29) is 40.7 Å². The zero-order chi connectivity index (χ0) is 16.7. The Kier molecular flexibility index (Phi) is 4.58. The van der Waals surface area contributed by atoms with E-state index in [1.165, 1.54) is 5.57 Å². The van der Waals surface area contributed by atoms with E-state index in [1.54, 1.807) is 11.0 Å². The minimum atomic E-state index is -3.00. The summed E-state index contributed by atoms with van der Waals surface area (Å²) in [6, 6.07) is -0.195. The maximum absolute atomic E-state index is 13.0. The van der Waals surface area contributed by atoms with E-state index in [0.717, 1.165) is 0 Å². The van der Waals surface area contributed by atoms with Gasteiger partial charge in [0.25, 0.3) is 0 Å². The molecule has 5 heteroatoms. The molecule has 1 aliphatic carbocycles. The molecule has 0 aromatic rings. The minimum absolute atomic E-state index is 0.0503. The molecule has 0 aromatic carbocycles. The highest BCUT2D eigenvalue weighted by Gasteiger charge is 2.61. The molecule has 0 N–H and O–H groups in total. The lowest BCUT2D eigenvalue weighted by Gasteiger charge is -2.27. The van der Waals surface area contributed by atoms with Crippen molar-refractivity contribution >= 4 is 15.7 Å². The SMILES string of the molecule is C=CCN(C(=O)[C@@H]1[C@H](C=C(C)C)C1(C)C)[C@@H]1CCS(=O)(=O)C1. The molecule has 2 fully saturated rings. The summed E-state index contributed by atoms with van der Waals surface area (Å²) in [4.78, 5) is 14.7. The third-order valence-electron chi connectivity index (χ3n) is 4.95. The van der Waals surface area contributed by atoms with Gasteiger partial charge in [0.05, 0.1) is 17.4 Å². The Labute approximate surface area is 134 Å². The molecule has 3 atom stereocenters. The maximum atomic E-state index is 13.0. The fraction of sp³-hybridized carbons (Fsp3) is 0.706. The maximum Gasteiger partial charge on any atom is 0.227 e. The average Bonchev–Trinajstić information content (AvgIpc) is 2.73. The van der Waals surface area contributed by atoms with Crippen molar-refractivity contribution in [2.45, 2.75) is 40.2 Å². The molecule has 0 bridgehead atoms. The number of hydrogen-bond acceptors (Lipinski definition) is 3. The van der Waals surface area contributed by atoms with Crippen LogP contribution >= 0.6 is 0 Å². The lowest BCUT2D eigenvalue weighted by molar-refractivity contribution is -0.134. The highest BCUT2D eigenvalue weighted by molar-refractivity contribution is 7.91. The molecule has 2 aliphatic rings. The monoisotopic (exact) mass is 325 g/mol. The van der Waals surface area contributed by atoms with Crippen molar-refractivity contribution in [3.05, 3.63) is 24.3 Å².